The van der Waals surface area contributed by atoms with Crippen molar-refractivity contribution < 1.29 is 14.4 Å². The minimum absolute atomic E-state index is 0.0437. The standard InChI is InChI=1S/C15H27N3O3/c1-10(2)13(19)16-7-17(14(20)11(3)4)9-18(8-16)15(21)12(5)6/h10-12H,7-9H2,1-6H3. The van der Waals surface area contributed by atoms with Gasteiger partial charge in [0.2, 0.25) is 17.7 Å². The lowest BCUT2D eigenvalue weighted by Gasteiger charge is -2.43. The fraction of sp³-hybridized carbons (Fsp3) is 0.800. The van der Waals surface area contributed by atoms with Gasteiger partial charge in [-0.1, -0.05) is 41.5 Å². The maximum atomic E-state index is 12.2. The molecule has 0 aliphatic carbocycles. The number of amides is 3. The van der Waals surface area contributed by atoms with Crippen LogP contribution in [0.2, 0.25) is 0 Å². The summed E-state index contributed by atoms with van der Waals surface area (Å²) in [5.41, 5.74) is 0. The van der Waals surface area contributed by atoms with Gasteiger partial charge < -0.3 is 14.7 Å². The maximum absolute atomic E-state index is 12.2. The second-order valence-corrected chi connectivity index (χ2v) is 6.52. The van der Waals surface area contributed by atoms with Crippen LogP contribution in [-0.2, 0) is 14.4 Å². The van der Waals surface area contributed by atoms with Gasteiger partial charge in [-0.2, -0.15) is 0 Å². The SMILES string of the molecule is CC(C)C(=O)N1CN(C(=O)C(C)C)CN(C(=O)C(C)C)C1. The molecule has 1 rings (SSSR count). The zero-order valence-electron chi connectivity index (χ0n) is 13.9. The Morgan fingerprint density at radius 3 is 0.905 bits per heavy atom. The lowest BCUT2D eigenvalue weighted by molar-refractivity contribution is -0.162. The number of rotatable bonds is 3. The molecule has 0 spiro atoms. The Balaban J connectivity index is 2.95. The zero-order valence-corrected chi connectivity index (χ0v) is 13.9. The van der Waals surface area contributed by atoms with Crippen molar-refractivity contribution in [2.24, 2.45) is 17.8 Å². The van der Waals surface area contributed by atoms with Gasteiger partial charge in [-0.15, -0.1) is 0 Å². The van der Waals surface area contributed by atoms with Gasteiger partial charge in [0, 0.05) is 17.8 Å². The van der Waals surface area contributed by atoms with Crippen molar-refractivity contribution >= 4 is 17.7 Å². The topological polar surface area (TPSA) is 60.9 Å². The third-order valence-electron chi connectivity index (χ3n) is 3.44. The molecule has 1 heterocycles. The average molecular weight is 297 g/mol. The second kappa shape index (κ2) is 6.91. The molecule has 0 unspecified atom stereocenters. The van der Waals surface area contributed by atoms with Crippen LogP contribution in [-0.4, -0.2) is 52.4 Å². The second-order valence-electron chi connectivity index (χ2n) is 6.52. The van der Waals surface area contributed by atoms with Crippen molar-refractivity contribution in [3.63, 3.8) is 0 Å². The Labute approximate surface area is 127 Å². The molecule has 0 atom stereocenters. The predicted octanol–water partition coefficient (Wildman–Crippen LogP) is 1.33. The normalized spacial score (nSPS) is 16.1. The summed E-state index contributed by atoms with van der Waals surface area (Å²) in [6.45, 7) is 11.7. The average Bonchev–Trinajstić information content (AvgIpc) is 2.43. The van der Waals surface area contributed by atoms with Crippen molar-refractivity contribution in [2.45, 2.75) is 41.5 Å². The summed E-state index contributed by atoms with van der Waals surface area (Å²) in [6, 6.07) is 0. The van der Waals surface area contributed by atoms with Gasteiger partial charge in [0.25, 0.3) is 0 Å². The number of carbonyl (C=O) groups is 3. The molecule has 120 valence electrons. The lowest BCUT2D eigenvalue weighted by atomic mass is 10.1. The smallest absolute Gasteiger partial charge is 0.227 e. The molecule has 0 N–H and O–H groups in total. The van der Waals surface area contributed by atoms with E-state index in [0.717, 1.165) is 0 Å². The Hall–Kier alpha value is -1.59. The Bertz CT molecular complexity index is 351. The molecule has 6 nitrogen and oxygen atoms in total. The Kier molecular flexibility index (Phi) is 5.75. The molecule has 3 amide bonds. The maximum Gasteiger partial charge on any atom is 0.227 e. The number of hydrogen-bond donors (Lipinski definition) is 0. The minimum atomic E-state index is -0.157. The van der Waals surface area contributed by atoms with Crippen molar-refractivity contribution in [3.05, 3.63) is 0 Å². The fourth-order valence-electron chi connectivity index (χ4n) is 2.27. The van der Waals surface area contributed by atoms with E-state index in [1.807, 2.05) is 41.5 Å². The predicted molar refractivity (Wildman–Crippen MR) is 79.7 cm³/mol. The molecule has 0 aromatic carbocycles. The van der Waals surface area contributed by atoms with E-state index >= 15 is 0 Å². The van der Waals surface area contributed by atoms with Crippen LogP contribution in [0.15, 0.2) is 0 Å². The third-order valence-corrected chi connectivity index (χ3v) is 3.44. The highest BCUT2D eigenvalue weighted by Gasteiger charge is 2.33. The van der Waals surface area contributed by atoms with Gasteiger partial charge in [0.15, 0.2) is 0 Å². The molecule has 0 radical (unpaired) electrons. The van der Waals surface area contributed by atoms with Crippen molar-refractivity contribution in [1.29, 1.82) is 0 Å². The largest absolute Gasteiger partial charge is 0.307 e. The highest BCUT2D eigenvalue weighted by atomic mass is 16.2. The lowest BCUT2D eigenvalue weighted by Crippen LogP contribution is -2.61. The first-order chi connectivity index (χ1) is 9.65. The molecule has 1 saturated heterocycles. The van der Waals surface area contributed by atoms with Crippen LogP contribution in [0, 0.1) is 17.8 Å². The molecule has 1 aliphatic rings. The quantitative estimate of drug-likeness (QED) is 0.789. The van der Waals surface area contributed by atoms with Crippen molar-refractivity contribution in [1.82, 2.24) is 14.7 Å². The van der Waals surface area contributed by atoms with Gasteiger partial charge >= 0.3 is 0 Å². The zero-order chi connectivity index (χ0) is 16.3. The molecular formula is C15H27N3O3. The number of nitrogens with zero attached hydrogens (tertiary/aromatic N) is 3. The summed E-state index contributed by atoms with van der Waals surface area (Å²) >= 11 is 0. The third kappa shape index (κ3) is 4.19. The molecule has 1 aliphatic heterocycles. The van der Waals surface area contributed by atoms with E-state index < -0.39 is 0 Å². The molecule has 0 saturated carbocycles. The molecule has 0 aromatic rings. The first-order valence-corrected chi connectivity index (χ1v) is 7.51. The summed E-state index contributed by atoms with van der Waals surface area (Å²) in [6.07, 6.45) is 0. The van der Waals surface area contributed by atoms with E-state index in [-0.39, 0.29) is 55.5 Å². The molecule has 0 bridgehead atoms. The molecule has 1 fully saturated rings. The van der Waals surface area contributed by atoms with Gasteiger partial charge in [0.05, 0.1) is 20.0 Å². The van der Waals surface area contributed by atoms with Crippen LogP contribution in [0.5, 0.6) is 0 Å². The van der Waals surface area contributed by atoms with E-state index in [4.69, 9.17) is 0 Å². The molecule has 0 aromatic heterocycles. The van der Waals surface area contributed by atoms with Crippen molar-refractivity contribution in [3.8, 4) is 0 Å². The van der Waals surface area contributed by atoms with Crippen LogP contribution < -0.4 is 0 Å². The first-order valence-electron chi connectivity index (χ1n) is 7.51. The number of hydrogen-bond acceptors (Lipinski definition) is 3. The summed E-state index contributed by atoms with van der Waals surface area (Å²) in [5.74, 6) is -0.603. The van der Waals surface area contributed by atoms with E-state index in [9.17, 15) is 14.4 Å². The van der Waals surface area contributed by atoms with Crippen LogP contribution >= 0.6 is 0 Å². The van der Waals surface area contributed by atoms with Gasteiger partial charge in [-0.3, -0.25) is 14.4 Å². The van der Waals surface area contributed by atoms with Crippen LogP contribution in [0.3, 0.4) is 0 Å². The minimum Gasteiger partial charge on any atom is -0.307 e. The van der Waals surface area contributed by atoms with Gasteiger partial charge in [-0.25, -0.2) is 0 Å². The van der Waals surface area contributed by atoms with E-state index in [0.29, 0.717) is 0 Å². The van der Waals surface area contributed by atoms with Gasteiger partial charge in [0.1, 0.15) is 0 Å². The highest BCUT2D eigenvalue weighted by molar-refractivity contribution is 5.83. The van der Waals surface area contributed by atoms with Crippen LogP contribution in [0.25, 0.3) is 0 Å². The summed E-state index contributed by atoms with van der Waals surface area (Å²) in [5, 5.41) is 0. The van der Waals surface area contributed by atoms with Crippen molar-refractivity contribution in [2.75, 3.05) is 20.0 Å². The monoisotopic (exact) mass is 297 g/mol. The van der Waals surface area contributed by atoms with E-state index in [1.54, 1.807) is 14.7 Å². The van der Waals surface area contributed by atoms with E-state index in [1.165, 1.54) is 0 Å². The van der Waals surface area contributed by atoms with Crippen LogP contribution in [0.4, 0.5) is 0 Å². The number of carbonyl (C=O) groups excluding carboxylic acids is 3. The summed E-state index contributed by atoms with van der Waals surface area (Å²) in [7, 11) is 0. The summed E-state index contributed by atoms with van der Waals surface area (Å²) in [4.78, 5) is 41.4. The van der Waals surface area contributed by atoms with Crippen LogP contribution in [0.1, 0.15) is 41.5 Å². The fourth-order valence-corrected chi connectivity index (χ4v) is 2.27. The molecular weight excluding hydrogens is 270 g/mol. The Morgan fingerprint density at radius 2 is 0.762 bits per heavy atom. The molecule has 21 heavy (non-hydrogen) atoms. The first kappa shape index (κ1) is 17.5. The molecule has 6 heteroatoms. The highest BCUT2D eigenvalue weighted by Crippen LogP contribution is 2.16. The van der Waals surface area contributed by atoms with Gasteiger partial charge in [-0.05, 0) is 0 Å². The summed E-state index contributed by atoms with van der Waals surface area (Å²) < 4.78 is 0. The Morgan fingerprint density at radius 1 is 0.571 bits per heavy atom. The van der Waals surface area contributed by atoms with E-state index in [2.05, 4.69) is 0 Å².